The van der Waals surface area contributed by atoms with Crippen LogP contribution >= 0.6 is 11.3 Å². The molecule has 3 nitrogen and oxygen atoms in total. The molecular formula is C17H20N2OS. The van der Waals surface area contributed by atoms with Gasteiger partial charge in [-0.3, -0.25) is 4.79 Å². The van der Waals surface area contributed by atoms with Crippen LogP contribution in [0.3, 0.4) is 0 Å². The van der Waals surface area contributed by atoms with Gasteiger partial charge in [-0.05, 0) is 54.1 Å². The Balaban J connectivity index is 2.02. The third kappa shape index (κ3) is 2.61. The maximum atomic E-state index is 12.0. The molecule has 4 heteroatoms. The van der Waals surface area contributed by atoms with Crippen molar-refractivity contribution in [3.05, 3.63) is 56.8 Å². The van der Waals surface area contributed by atoms with Gasteiger partial charge in [0, 0.05) is 17.0 Å². The average molecular weight is 300 g/mol. The van der Waals surface area contributed by atoms with Gasteiger partial charge in [0.05, 0.1) is 6.04 Å². The van der Waals surface area contributed by atoms with Crippen molar-refractivity contribution in [1.82, 2.24) is 10.6 Å². The summed E-state index contributed by atoms with van der Waals surface area (Å²) in [7, 11) is 1.98. The minimum Gasteiger partial charge on any atom is -0.352 e. The molecule has 1 aromatic heterocycles. The number of fused-ring (bicyclic) bond motifs is 1. The lowest BCUT2D eigenvalue weighted by Gasteiger charge is -2.21. The number of benzene rings is 1. The Morgan fingerprint density at radius 3 is 3.00 bits per heavy atom. The summed E-state index contributed by atoms with van der Waals surface area (Å²) in [5.74, 6) is 0.0508. The number of carbonyl (C=O) groups excluding carboxylic acids is 1. The molecule has 3 rings (SSSR count). The molecule has 1 atom stereocenters. The average Bonchev–Trinajstić information content (AvgIpc) is 2.97. The van der Waals surface area contributed by atoms with Crippen LogP contribution in [-0.2, 0) is 12.8 Å². The second-order valence-corrected chi connectivity index (χ2v) is 6.26. The van der Waals surface area contributed by atoms with Gasteiger partial charge >= 0.3 is 0 Å². The zero-order chi connectivity index (χ0) is 14.8. The first kappa shape index (κ1) is 14.3. The molecule has 1 amide bonds. The van der Waals surface area contributed by atoms with E-state index in [2.05, 4.69) is 41.1 Å². The van der Waals surface area contributed by atoms with Crippen LogP contribution in [0.15, 0.2) is 29.6 Å². The molecule has 0 fully saturated rings. The summed E-state index contributed by atoms with van der Waals surface area (Å²) >= 11 is 1.78. The number of amides is 1. The highest BCUT2D eigenvalue weighted by atomic mass is 32.1. The number of carbonyl (C=O) groups is 1. The zero-order valence-electron chi connectivity index (χ0n) is 12.4. The van der Waals surface area contributed by atoms with E-state index in [0.29, 0.717) is 0 Å². The van der Waals surface area contributed by atoms with Crippen molar-refractivity contribution in [1.29, 1.82) is 0 Å². The van der Waals surface area contributed by atoms with Crippen LogP contribution < -0.4 is 10.6 Å². The highest BCUT2D eigenvalue weighted by Crippen LogP contribution is 2.31. The second-order valence-electron chi connectivity index (χ2n) is 5.31. The maximum absolute atomic E-state index is 12.0. The van der Waals surface area contributed by atoms with E-state index in [1.54, 1.807) is 11.3 Å². The van der Waals surface area contributed by atoms with Crippen LogP contribution in [0.2, 0.25) is 0 Å². The SMILES string of the molecule is CCc1ccsc1C(NC)c1ccc2c(c1)C(=O)NCC2. The van der Waals surface area contributed by atoms with Crippen molar-refractivity contribution in [2.45, 2.75) is 25.8 Å². The van der Waals surface area contributed by atoms with Gasteiger partial charge in [0.1, 0.15) is 0 Å². The Hall–Kier alpha value is -1.65. The summed E-state index contributed by atoms with van der Waals surface area (Å²) in [6.07, 6.45) is 1.95. The third-order valence-corrected chi connectivity index (χ3v) is 5.13. The standard InChI is InChI=1S/C17H20N2OS/c1-3-11-7-9-21-16(11)15(18-2)13-5-4-12-6-8-19-17(20)14(12)10-13/h4-5,7,9-10,15,18H,3,6,8H2,1-2H3,(H,19,20). The predicted molar refractivity (Wildman–Crippen MR) is 87.1 cm³/mol. The molecule has 0 aliphatic carbocycles. The Labute approximate surface area is 129 Å². The summed E-state index contributed by atoms with van der Waals surface area (Å²) in [5, 5.41) is 8.46. The lowest BCUT2D eigenvalue weighted by Crippen LogP contribution is -2.32. The molecule has 1 aliphatic rings. The molecule has 0 spiro atoms. The molecule has 2 N–H and O–H groups in total. The second kappa shape index (κ2) is 6.00. The van der Waals surface area contributed by atoms with Crippen LogP contribution in [0, 0.1) is 0 Å². The summed E-state index contributed by atoms with van der Waals surface area (Å²) in [5.41, 5.74) is 4.51. The Morgan fingerprint density at radius 1 is 1.38 bits per heavy atom. The Kier molecular flexibility index (Phi) is 4.08. The first-order chi connectivity index (χ1) is 10.2. The number of thiophene rings is 1. The largest absolute Gasteiger partial charge is 0.352 e. The maximum Gasteiger partial charge on any atom is 0.251 e. The normalized spacial score (nSPS) is 15.4. The predicted octanol–water partition coefficient (Wildman–Crippen LogP) is 2.91. The summed E-state index contributed by atoms with van der Waals surface area (Å²) in [4.78, 5) is 13.4. The number of nitrogens with one attached hydrogen (secondary N) is 2. The number of rotatable bonds is 4. The fourth-order valence-corrected chi connectivity index (χ4v) is 4.08. The summed E-state index contributed by atoms with van der Waals surface area (Å²) < 4.78 is 0. The molecule has 1 aliphatic heterocycles. The van der Waals surface area contributed by atoms with E-state index in [-0.39, 0.29) is 11.9 Å². The van der Waals surface area contributed by atoms with E-state index in [0.717, 1.165) is 36.1 Å². The molecular weight excluding hydrogens is 280 g/mol. The molecule has 0 saturated heterocycles. The number of hydrogen-bond donors (Lipinski definition) is 2. The highest BCUT2D eigenvalue weighted by molar-refractivity contribution is 7.10. The number of aryl methyl sites for hydroxylation is 1. The van der Waals surface area contributed by atoms with Gasteiger partial charge in [-0.15, -0.1) is 11.3 Å². The number of hydrogen-bond acceptors (Lipinski definition) is 3. The third-order valence-electron chi connectivity index (χ3n) is 4.10. The van der Waals surface area contributed by atoms with E-state index in [9.17, 15) is 4.79 Å². The molecule has 0 radical (unpaired) electrons. The van der Waals surface area contributed by atoms with Gasteiger partial charge in [0.15, 0.2) is 0 Å². The van der Waals surface area contributed by atoms with E-state index >= 15 is 0 Å². The molecule has 1 unspecified atom stereocenters. The van der Waals surface area contributed by atoms with Gasteiger partial charge in [-0.2, -0.15) is 0 Å². The molecule has 110 valence electrons. The molecule has 2 aromatic rings. The highest BCUT2D eigenvalue weighted by Gasteiger charge is 2.21. The Bertz CT molecular complexity index is 663. The summed E-state index contributed by atoms with van der Waals surface area (Å²) in [6.45, 7) is 2.92. The van der Waals surface area contributed by atoms with Crippen molar-refractivity contribution in [2.24, 2.45) is 0 Å². The Morgan fingerprint density at radius 2 is 2.24 bits per heavy atom. The topological polar surface area (TPSA) is 41.1 Å². The lowest BCUT2D eigenvalue weighted by molar-refractivity contribution is 0.0946. The van der Waals surface area contributed by atoms with Gasteiger partial charge in [0.25, 0.3) is 5.91 Å². The van der Waals surface area contributed by atoms with E-state index in [1.165, 1.54) is 10.4 Å². The minimum absolute atomic E-state index is 0.0508. The van der Waals surface area contributed by atoms with E-state index in [1.807, 2.05) is 13.1 Å². The lowest BCUT2D eigenvalue weighted by atomic mass is 9.94. The van der Waals surface area contributed by atoms with Crippen LogP contribution in [0.4, 0.5) is 0 Å². The minimum atomic E-state index is 0.0508. The molecule has 0 bridgehead atoms. The fraction of sp³-hybridized carbons (Fsp3) is 0.353. The smallest absolute Gasteiger partial charge is 0.251 e. The van der Waals surface area contributed by atoms with Crippen molar-refractivity contribution >= 4 is 17.2 Å². The molecule has 21 heavy (non-hydrogen) atoms. The first-order valence-corrected chi connectivity index (χ1v) is 8.27. The van der Waals surface area contributed by atoms with Crippen molar-refractivity contribution in [2.75, 3.05) is 13.6 Å². The molecule has 0 saturated carbocycles. The first-order valence-electron chi connectivity index (χ1n) is 7.39. The van der Waals surface area contributed by atoms with Crippen molar-refractivity contribution in [3.8, 4) is 0 Å². The van der Waals surface area contributed by atoms with Gasteiger partial charge < -0.3 is 10.6 Å². The van der Waals surface area contributed by atoms with E-state index < -0.39 is 0 Å². The van der Waals surface area contributed by atoms with E-state index in [4.69, 9.17) is 0 Å². The van der Waals surface area contributed by atoms with Gasteiger partial charge in [-0.1, -0.05) is 19.1 Å². The van der Waals surface area contributed by atoms with Crippen LogP contribution in [0.5, 0.6) is 0 Å². The quantitative estimate of drug-likeness (QED) is 0.911. The van der Waals surface area contributed by atoms with Crippen LogP contribution in [0.1, 0.15) is 44.9 Å². The zero-order valence-corrected chi connectivity index (χ0v) is 13.2. The van der Waals surface area contributed by atoms with Crippen molar-refractivity contribution < 1.29 is 4.79 Å². The molecule has 2 heterocycles. The fourth-order valence-electron chi connectivity index (χ4n) is 2.95. The molecule has 1 aromatic carbocycles. The monoisotopic (exact) mass is 300 g/mol. The van der Waals surface area contributed by atoms with Crippen molar-refractivity contribution in [3.63, 3.8) is 0 Å². The van der Waals surface area contributed by atoms with Gasteiger partial charge in [-0.25, -0.2) is 0 Å². The summed E-state index contributed by atoms with van der Waals surface area (Å²) in [6, 6.07) is 8.64. The van der Waals surface area contributed by atoms with Crippen LogP contribution in [-0.4, -0.2) is 19.5 Å². The van der Waals surface area contributed by atoms with Gasteiger partial charge in [0.2, 0.25) is 0 Å². The van der Waals surface area contributed by atoms with Crippen LogP contribution in [0.25, 0.3) is 0 Å².